The molecular formula is C48H77N7O9. The van der Waals surface area contributed by atoms with Gasteiger partial charge in [0.2, 0.25) is 6.41 Å². The van der Waals surface area contributed by atoms with Crippen LogP contribution in [0.3, 0.4) is 0 Å². The van der Waals surface area contributed by atoms with Gasteiger partial charge in [-0.3, -0.25) is 35.2 Å². The minimum absolute atomic E-state index is 0.130. The summed E-state index contributed by atoms with van der Waals surface area (Å²) in [5.41, 5.74) is 3.72. The molecule has 0 aliphatic carbocycles. The van der Waals surface area contributed by atoms with Crippen molar-refractivity contribution in [1.29, 1.82) is 0 Å². The molecule has 0 atom stereocenters. The Bertz CT molecular complexity index is 1820. The number of H-pyrrole nitrogens is 1. The Morgan fingerprint density at radius 1 is 0.609 bits per heavy atom. The smallest absolute Gasteiger partial charge is 0.276 e. The highest BCUT2D eigenvalue weighted by Gasteiger charge is 2.09. The van der Waals surface area contributed by atoms with E-state index in [2.05, 4.69) is 28.5 Å². The number of nitro benzene ring substituents is 3. The normalized spacial score (nSPS) is 10.3. The number of rotatable bonds is 8. The molecular weight excluding hydrogens is 819 g/mol. The summed E-state index contributed by atoms with van der Waals surface area (Å²) in [5, 5.41) is 42.6. The zero-order chi connectivity index (χ0) is 49.9. The van der Waals surface area contributed by atoms with Gasteiger partial charge in [0.05, 0.1) is 20.3 Å². The van der Waals surface area contributed by atoms with E-state index in [0.29, 0.717) is 16.7 Å². The van der Waals surface area contributed by atoms with E-state index in [0.717, 1.165) is 7.11 Å². The number of fused-ring (bicyclic) bond motifs is 1. The van der Waals surface area contributed by atoms with Crippen molar-refractivity contribution in [2.45, 2.75) is 74.6 Å². The van der Waals surface area contributed by atoms with E-state index < -0.39 is 0 Å². The number of nitrogens with zero attached hydrogens (tertiary/aromatic N) is 5. The lowest BCUT2D eigenvalue weighted by Crippen LogP contribution is -2.30. The number of nitro groups is 3. The molecule has 1 aliphatic rings. The van der Waals surface area contributed by atoms with Crippen molar-refractivity contribution in [2.75, 3.05) is 62.6 Å². The van der Waals surface area contributed by atoms with Gasteiger partial charge in [-0.25, -0.2) is 0 Å². The van der Waals surface area contributed by atoms with Gasteiger partial charge in [-0.2, -0.15) is 0 Å². The number of aromatic amines is 1. The summed E-state index contributed by atoms with van der Waals surface area (Å²) >= 11 is 0. The van der Waals surface area contributed by atoms with Crippen LogP contribution in [0.15, 0.2) is 116 Å². The minimum Gasteiger partial charge on any atom is -0.400 e. The molecule has 4 aromatic carbocycles. The molecule has 0 spiro atoms. The summed E-state index contributed by atoms with van der Waals surface area (Å²) < 4.78 is 9.73. The first kappa shape index (κ1) is 64.6. The van der Waals surface area contributed by atoms with E-state index in [1.807, 2.05) is 97.9 Å². The van der Waals surface area contributed by atoms with Crippen LogP contribution in [0.4, 0.5) is 17.1 Å². The highest BCUT2D eigenvalue weighted by molar-refractivity contribution is 5.78. The molecule has 0 unspecified atom stereocenters. The zero-order valence-electron chi connectivity index (χ0n) is 40.9. The number of para-hydroxylation sites is 4. The molecule has 1 fully saturated rings. The highest BCUT2D eigenvalue weighted by Crippen LogP contribution is 2.19. The summed E-state index contributed by atoms with van der Waals surface area (Å²) in [4.78, 5) is 36.7. The Labute approximate surface area is 382 Å². The Kier molecular flexibility index (Phi) is 44.0. The van der Waals surface area contributed by atoms with Crippen molar-refractivity contribution in [3.63, 3.8) is 0 Å². The monoisotopic (exact) mass is 896 g/mol. The lowest BCUT2D eigenvalue weighted by Gasteiger charge is -2.19. The van der Waals surface area contributed by atoms with E-state index in [1.54, 1.807) is 94.9 Å². The predicted molar refractivity (Wildman–Crippen MR) is 266 cm³/mol. The maximum atomic E-state index is 10.6. The topological polar surface area (TPSA) is 202 Å². The van der Waals surface area contributed by atoms with Crippen LogP contribution in [-0.2, 0) is 9.47 Å². The number of ether oxygens (including phenoxy) is 2. The van der Waals surface area contributed by atoms with E-state index in [4.69, 9.17) is 14.6 Å². The third-order valence-corrected chi connectivity index (χ3v) is 7.55. The van der Waals surface area contributed by atoms with E-state index in [1.165, 1.54) is 55.0 Å². The van der Waals surface area contributed by atoms with Crippen molar-refractivity contribution in [3.05, 3.63) is 163 Å². The second kappa shape index (κ2) is 43.6. The van der Waals surface area contributed by atoms with Crippen LogP contribution in [-0.4, -0.2) is 104 Å². The molecule has 16 heteroatoms. The Balaban J connectivity index is -0.000000332. The maximum Gasteiger partial charge on any atom is 0.276 e. The number of hydrogen-bond donors (Lipinski definition) is 3. The standard InChI is InChI=1S/C10H12N2O2.C8H7N.2C7H7NO2.C5H13NO2.C4H9N.3C2H6.CH4O/c1-11(2)8-7-9-5-3-4-6-10(9)12(13)14;1-2-4-8-7(3-1)5-6-9-8;2*1-6-4-2-3-5-7(6)8(9)10;1-6(2)5(7-3)8-4;1-2-4-5-3-1;4*1-2/h3-8H,1-2H3;1-6,9H;2*2-5H,1H3;5H,1-4H3;5H,1-4H2;3*1-2H3;2H,1H3/b8-7+;;;;;;;;;. The molecule has 0 saturated carbocycles. The van der Waals surface area contributed by atoms with Crippen LogP contribution in [0.2, 0.25) is 0 Å². The number of hydrogen-bond acceptors (Lipinski definition) is 12. The Morgan fingerprint density at radius 3 is 1.31 bits per heavy atom. The van der Waals surface area contributed by atoms with Gasteiger partial charge in [0.15, 0.2) is 0 Å². The molecule has 1 aliphatic heterocycles. The number of nitrogens with one attached hydrogen (secondary N) is 2. The van der Waals surface area contributed by atoms with Crippen LogP contribution in [0.1, 0.15) is 71.1 Å². The number of aromatic nitrogens is 1. The first-order valence-corrected chi connectivity index (χ1v) is 21.1. The molecule has 0 bridgehead atoms. The van der Waals surface area contributed by atoms with Gasteiger partial charge >= 0.3 is 0 Å². The fourth-order valence-electron chi connectivity index (χ4n) is 4.70. The summed E-state index contributed by atoms with van der Waals surface area (Å²) in [6.45, 7) is 17.9. The summed E-state index contributed by atoms with van der Waals surface area (Å²) in [6, 6.07) is 30.2. The van der Waals surface area contributed by atoms with Crippen LogP contribution < -0.4 is 5.32 Å². The third-order valence-electron chi connectivity index (χ3n) is 7.55. The molecule has 2 heterocycles. The van der Waals surface area contributed by atoms with Crippen molar-refractivity contribution in [2.24, 2.45) is 0 Å². The highest BCUT2D eigenvalue weighted by atomic mass is 16.7. The fourth-order valence-corrected chi connectivity index (χ4v) is 4.70. The van der Waals surface area contributed by atoms with Gasteiger partial charge in [-0.15, -0.1) is 0 Å². The summed E-state index contributed by atoms with van der Waals surface area (Å²) in [5.74, 6) is 0. The third kappa shape index (κ3) is 30.9. The van der Waals surface area contributed by atoms with Gasteiger partial charge in [0, 0.05) is 76.5 Å². The second-order valence-electron chi connectivity index (χ2n) is 12.4. The largest absolute Gasteiger partial charge is 0.400 e. The maximum absolute atomic E-state index is 10.6. The number of methoxy groups -OCH3 is 2. The molecule has 16 nitrogen and oxygen atoms in total. The van der Waals surface area contributed by atoms with Gasteiger partial charge in [-0.1, -0.05) is 108 Å². The average Bonchev–Trinajstić information content (AvgIpc) is 4.07. The van der Waals surface area contributed by atoms with Crippen molar-refractivity contribution >= 4 is 34.0 Å². The van der Waals surface area contributed by atoms with Crippen LogP contribution in [0, 0.1) is 44.2 Å². The molecule has 64 heavy (non-hydrogen) atoms. The SMILES string of the molecule is C1CCNC1.CC.CC.CC.CN(C)/C=C/c1ccccc1[N+](=O)[O-].CO.COC(OC)N(C)C.Cc1ccccc1[N+](=O)[O-].Cc1ccccc1[N+](=O)[O-].c1ccc2[nH]ccc2c1. The van der Waals surface area contributed by atoms with Gasteiger partial charge in [0.25, 0.3) is 17.1 Å². The fraction of sp³-hybridized carbons (Fsp3) is 0.417. The van der Waals surface area contributed by atoms with E-state index >= 15 is 0 Å². The lowest BCUT2D eigenvalue weighted by molar-refractivity contribution is -0.385. The van der Waals surface area contributed by atoms with Gasteiger partial charge < -0.3 is 29.8 Å². The zero-order valence-corrected chi connectivity index (χ0v) is 40.9. The van der Waals surface area contributed by atoms with Crippen molar-refractivity contribution in [1.82, 2.24) is 20.1 Å². The minimum atomic E-state index is -0.380. The Hall–Kier alpha value is -6.04. The number of aliphatic hydroxyl groups is 1. The molecule has 0 radical (unpaired) electrons. The quantitative estimate of drug-likeness (QED) is 0.0756. The molecule has 1 saturated heterocycles. The first-order valence-electron chi connectivity index (χ1n) is 21.1. The Morgan fingerprint density at radius 2 is 1.00 bits per heavy atom. The predicted octanol–water partition coefficient (Wildman–Crippen LogP) is 11.3. The van der Waals surface area contributed by atoms with Crippen LogP contribution in [0.5, 0.6) is 0 Å². The number of benzene rings is 4. The van der Waals surface area contributed by atoms with Gasteiger partial charge in [0.1, 0.15) is 0 Å². The van der Waals surface area contributed by atoms with Crippen molar-refractivity contribution in [3.8, 4) is 0 Å². The molecule has 1 aromatic heterocycles. The lowest BCUT2D eigenvalue weighted by atomic mass is 10.2. The second-order valence-corrected chi connectivity index (χ2v) is 12.4. The molecule has 358 valence electrons. The number of aryl methyl sites for hydroxylation is 2. The summed E-state index contributed by atoms with van der Waals surface area (Å²) in [6.07, 6.45) is 8.01. The number of aliphatic hydroxyl groups excluding tert-OH is 1. The van der Waals surface area contributed by atoms with Crippen LogP contribution >= 0.6 is 0 Å². The van der Waals surface area contributed by atoms with Gasteiger partial charge in [-0.05, 0) is 89.7 Å². The van der Waals surface area contributed by atoms with Crippen LogP contribution in [0.25, 0.3) is 17.0 Å². The van der Waals surface area contributed by atoms with E-state index in [-0.39, 0.29) is 38.2 Å². The first-order chi connectivity index (χ1) is 30.7. The van der Waals surface area contributed by atoms with E-state index in [9.17, 15) is 30.3 Å². The summed E-state index contributed by atoms with van der Waals surface area (Å²) in [7, 11) is 11.7. The molecule has 0 amide bonds. The molecule has 5 aromatic rings. The average molecular weight is 896 g/mol. The van der Waals surface area contributed by atoms with Crippen molar-refractivity contribution < 1.29 is 29.4 Å². The molecule has 6 rings (SSSR count). The molecule has 3 N–H and O–H groups in total.